The van der Waals surface area contributed by atoms with E-state index in [0.717, 1.165) is 27.2 Å². The third-order valence-electron chi connectivity index (χ3n) is 5.36. The highest BCUT2D eigenvalue weighted by atomic mass is 16.5. The van der Waals surface area contributed by atoms with Crippen LogP contribution in [0.25, 0.3) is 11.2 Å². The van der Waals surface area contributed by atoms with Gasteiger partial charge in [-0.25, -0.2) is 10.2 Å². The molecule has 164 valence electrons. The van der Waals surface area contributed by atoms with Gasteiger partial charge in [0.15, 0.2) is 11.2 Å². The fourth-order valence-corrected chi connectivity index (χ4v) is 3.48. The highest BCUT2D eigenvalue weighted by Crippen LogP contribution is 2.18. The Morgan fingerprint density at radius 2 is 1.72 bits per heavy atom. The summed E-state index contributed by atoms with van der Waals surface area (Å²) in [6, 6.07) is 17.3. The van der Waals surface area contributed by atoms with Crippen molar-refractivity contribution >= 4 is 22.8 Å². The Kier molecular flexibility index (Phi) is 5.63. The average molecular weight is 432 g/mol. The van der Waals surface area contributed by atoms with Crippen molar-refractivity contribution in [1.82, 2.24) is 18.7 Å². The van der Waals surface area contributed by atoms with Crippen molar-refractivity contribution in [2.24, 2.45) is 19.2 Å². The van der Waals surface area contributed by atoms with Gasteiger partial charge in [0.05, 0.1) is 19.4 Å². The number of benzene rings is 2. The number of aryl methyl sites for hydroxylation is 1. The number of anilines is 1. The lowest BCUT2D eigenvalue weighted by molar-refractivity contribution is 0.415. The van der Waals surface area contributed by atoms with Gasteiger partial charge in [-0.1, -0.05) is 30.3 Å². The van der Waals surface area contributed by atoms with Crippen LogP contribution in [0, 0.1) is 0 Å². The lowest BCUT2D eigenvalue weighted by Gasteiger charge is -2.10. The summed E-state index contributed by atoms with van der Waals surface area (Å²) in [5, 5.41) is 4.47. The van der Waals surface area contributed by atoms with Crippen molar-refractivity contribution in [3.05, 3.63) is 86.6 Å². The number of ether oxygens (including phenoxy) is 1. The van der Waals surface area contributed by atoms with Crippen LogP contribution in [0.15, 0.2) is 69.3 Å². The smallest absolute Gasteiger partial charge is 0.332 e. The van der Waals surface area contributed by atoms with Crippen molar-refractivity contribution in [3.8, 4) is 5.75 Å². The lowest BCUT2D eigenvalue weighted by atomic mass is 10.1. The van der Waals surface area contributed by atoms with Crippen LogP contribution >= 0.6 is 0 Å². The SMILES string of the molecule is COc1ccc(C(C)=NNc2nc3c(c(=O)n(C)c(=O)n3C)n2Cc2ccccc2)cc1. The second kappa shape index (κ2) is 8.54. The van der Waals surface area contributed by atoms with Crippen LogP contribution in [0.3, 0.4) is 0 Å². The van der Waals surface area contributed by atoms with E-state index in [1.54, 1.807) is 18.7 Å². The van der Waals surface area contributed by atoms with Gasteiger partial charge in [0.25, 0.3) is 5.56 Å². The van der Waals surface area contributed by atoms with E-state index in [4.69, 9.17) is 4.74 Å². The molecule has 4 rings (SSSR count). The summed E-state index contributed by atoms with van der Waals surface area (Å²) in [6.07, 6.45) is 0. The maximum atomic E-state index is 13.0. The first-order valence-corrected chi connectivity index (χ1v) is 10.1. The molecule has 0 aliphatic rings. The van der Waals surface area contributed by atoms with Crippen molar-refractivity contribution in [1.29, 1.82) is 0 Å². The maximum absolute atomic E-state index is 13.0. The topological polar surface area (TPSA) is 95.4 Å². The van der Waals surface area contributed by atoms with Crippen LogP contribution in [-0.4, -0.2) is 31.5 Å². The van der Waals surface area contributed by atoms with Crippen LogP contribution in [0.2, 0.25) is 0 Å². The molecule has 2 aromatic carbocycles. The third kappa shape index (κ3) is 3.80. The van der Waals surface area contributed by atoms with Gasteiger partial charge in [-0.3, -0.25) is 18.5 Å². The number of hydrogen-bond acceptors (Lipinski definition) is 6. The molecule has 2 heterocycles. The predicted molar refractivity (Wildman–Crippen MR) is 125 cm³/mol. The molecule has 32 heavy (non-hydrogen) atoms. The summed E-state index contributed by atoms with van der Waals surface area (Å²) in [6.45, 7) is 2.26. The molecular weight excluding hydrogens is 408 g/mol. The second-order valence-electron chi connectivity index (χ2n) is 7.42. The maximum Gasteiger partial charge on any atom is 0.332 e. The number of imidazole rings is 1. The van der Waals surface area contributed by atoms with Crippen molar-refractivity contribution < 1.29 is 4.74 Å². The molecular formula is C23H24N6O3. The first kappa shape index (κ1) is 21.1. The number of methoxy groups -OCH3 is 1. The number of nitrogens with zero attached hydrogens (tertiary/aromatic N) is 5. The summed E-state index contributed by atoms with van der Waals surface area (Å²) in [4.78, 5) is 29.9. The van der Waals surface area contributed by atoms with Crippen LogP contribution < -0.4 is 21.4 Å². The monoisotopic (exact) mass is 432 g/mol. The number of fused-ring (bicyclic) bond motifs is 1. The minimum absolute atomic E-state index is 0.300. The first-order chi connectivity index (χ1) is 15.4. The predicted octanol–water partition coefficient (Wildman–Crippen LogP) is 2.33. The molecule has 9 heteroatoms. The summed E-state index contributed by atoms with van der Waals surface area (Å²) in [5.41, 5.74) is 5.41. The Labute approximate surface area is 184 Å². The molecule has 4 aromatic rings. The zero-order chi connectivity index (χ0) is 22.8. The molecule has 2 aromatic heterocycles. The first-order valence-electron chi connectivity index (χ1n) is 10.1. The zero-order valence-electron chi connectivity index (χ0n) is 18.4. The van der Waals surface area contributed by atoms with Gasteiger partial charge in [-0.2, -0.15) is 10.1 Å². The fourth-order valence-electron chi connectivity index (χ4n) is 3.48. The minimum Gasteiger partial charge on any atom is -0.497 e. The second-order valence-corrected chi connectivity index (χ2v) is 7.42. The Morgan fingerprint density at radius 1 is 1.03 bits per heavy atom. The molecule has 1 N–H and O–H groups in total. The van der Waals surface area contributed by atoms with E-state index in [0.29, 0.717) is 23.7 Å². The zero-order valence-corrected chi connectivity index (χ0v) is 18.4. The Bertz CT molecular complexity index is 1410. The standard InChI is InChI=1S/C23H24N6O3/c1-15(17-10-12-18(32-4)13-11-17)25-26-22-24-20-19(21(30)28(3)23(31)27(20)2)29(22)14-16-8-6-5-7-9-16/h5-13H,14H2,1-4H3,(H,24,26). The molecule has 0 bridgehead atoms. The lowest BCUT2D eigenvalue weighted by Crippen LogP contribution is -2.37. The summed E-state index contributed by atoms with van der Waals surface area (Å²) in [7, 11) is 4.68. The molecule has 0 amide bonds. The van der Waals surface area contributed by atoms with E-state index < -0.39 is 11.2 Å². The Hall–Kier alpha value is -4.14. The number of hydrazone groups is 1. The molecule has 0 saturated carbocycles. The quantitative estimate of drug-likeness (QED) is 0.373. The van der Waals surface area contributed by atoms with Crippen LogP contribution in [0.1, 0.15) is 18.1 Å². The Morgan fingerprint density at radius 3 is 2.38 bits per heavy atom. The van der Waals surface area contributed by atoms with E-state index >= 15 is 0 Å². The summed E-state index contributed by atoms with van der Waals surface area (Å²) < 4.78 is 9.39. The number of aromatic nitrogens is 4. The van der Waals surface area contributed by atoms with Gasteiger partial charge < -0.3 is 4.74 Å². The molecule has 0 saturated heterocycles. The fraction of sp³-hybridized carbons (Fsp3) is 0.217. The molecule has 0 aliphatic heterocycles. The largest absolute Gasteiger partial charge is 0.497 e. The van der Waals surface area contributed by atoms with Crippen molar-refractivity contribution in [3.63, 3.8) is 0 Å². The molecule has 0 aliphatic carbocycles. The number of rotatable bonds is 6. The Balaban J connectivity index is 1.81. The molecule has 9 nitrogen and oxygen atoms in total. The number of nitrogens with one attached hydrogen (secondary N) is 1. The molecule has 0 unspecified atom stereocenters. The average Bonchev–Trinajstić information content (AvgIpc) is 3.18. The van der Waals surface area contributed by atoms with Gasteiger partial charge in [-0.15, -0.1) is 0 Å². The highest BCUT2D eigenvalue weighted by Gasteiger charge is 2.19. The van der Waals surface area contributed by atoms with Gasteiger partial charge in [0.2, 0.25) is 5.95 Å². The van der Waals surface area contributed by atoms with Gasteiger partial charge in [0.1, 0.15) is 5.75 Å². The highest BCUT2D eigenvalue weighted by molar-refractivity contribution is 5.99. The van der Waals surface area contributed by atoms with E-state index in [1.165, 1.54) is 11.6 Å². The van der Waals surface area contributed by atoms with Crippen LogP contribution in [-0.2, 0) is 20.6 Å². The minimum atomic E-state index is -0.434. The molecule has 0 fully saturated rings. The molecule has 0 radical (unpaired) electrons. The summed E-state index contributed by atoms with van der Waals surface area (Å²) >= 11 is 0. The van der Waals surface area contributed by atoms with Crippen LogP contribution in [0.5, 0.6) is 5.75 Å². The van der Waals surface area contributed by atoms with E-state index in [9.17, 15) is 9.59 Å². The number of hydrogen-bond donors (Lipinski definition) is 1. The van der Waals surface area contributed by atoms with Gasteiger partial charge >= 0.3 is 5.69 Å². The summed E-state index contributed by atoms with van der Waals surface area (Å²) in [5.74, 6) is 1.13. The molecule has 0 atom stereocenters. The van der Waals surface area contributed by atoms with Crippen molar-refractivity contribution in [2.45, 2.75) is 13.5 Å². The normalized spacial score (nSPS) is 11.7. The van der Waals surface area contributed by atoms with Gasteiger partial charge in [-0.05, 0) is 42.3 Å². The van der Waals surface area contributed by atoms with Crippen LogP contribution in [0.4, 0.5) is 5.95 Å². The molecule has 0 spiro atoms. The van der Waals surface area contributed by atoms with Gasteiger partial charge in [0, 0.05) is 14.1 Å². The van der Waals surface area contributed by atoms with E-state index in [-0.39, 0.29) is 0 Å². The van der Waals surface area contributed by atoms with E-state index in [2.05, 4.69) is 15.5 Å². The van der Waals surface area contributed by atoms with Crippen molar-refractivity contribution in [2.75, 3.05) is 12.5 Å². The van der Waals surface area contributed by atoms with E-state index in [1.807, 2.05) is 61.5 Å². The third-order valence-corrected chi connectivity index (χ3v) is 5.36.